The van der Waals surface area contributed by atoms with Gasteiger partial charge < -0.3 is 4.90 Å². The number of nitrogens with two attached hydrogens (primary N) is 1. The van der Waals surface area contributed by atoms with E-state index in [0.717, 1.165) is 16.8 Å². The zero-order valence-electron chi connectivity index (χ0n) is 18.0. The first-order chi connectivity index (χ1) is 15.2. The van der Waals surface area contributed by atoms with Crippen LogP contribution in [0.25, 0.3) is 11.3 Å². The second-order valence-corrected chi connectivity index (χ2v) is 10.4. The number of pyridine rings is 1. The highest BCUT2D eigenvalue weighted by Gasteiger charge is 2.40. The molecule has 1 aromatic heterocycles. The van der Waals surface area contributed by atoms with Gasteiger partial charge in [0.05, 0.1) is 10.6 Å². The third-order valence-electron chi connectivity index (χ3n) is 6.83. The van der Waals surface area contributed by atoms with E-state index in [1.54, 1.807) is 17.2 Å². The molecule has 3 aromatic rings. The predicted octanol–water partition coefficient (Wildman–Crippen LogP) is 3.82. The predicted molar refractivity (Wildman–Crippen MR) is 124 cm³/mol. The van der Waals surface area contributed by atoms with Gasteiger partial charge in [-0.15, -0.1) is 0 Å². The van der Waals surface area contributed by atoms with E-state index < -0.39 is 10.0 Å². The number of benzene rings is 2. The van der Waals surface area contributed by atoms with Gasteiger partial charge in [0.2, 0.25) is 15.9 Å². The summed E-state index contributed by atoms with van der Waals surface area (Å²) in [5.41, 5.74) is 5.95. The average Bonchev–Trinajstić information content (AvgIpc) is 3.29. The van der Waals surface area contributed by atoms with Crippen molar-refractivity contribution in [3.8, 4) is 11.3 Å². The molecular weight excluding hydrogens is 422 g/mol. The molecule has 2 aliphatic rings. The van der Waals surface area contributed by atoms with Gasteiger partial charge in [0, 0.05) is 35.8 Å². The van der Waals surface area contributed by atoms with Crippen LogP contribution in [0.3, 0.4) is 0 Å². The summed E-state index contributed by atoms with van der Waals surface area (Å²) in [6, 6.07) is 17.0. The highest BCUT2D eigenvalue weighted by atomic mass is 32.2. The monoisotopic (exact) mass is 447 g/mol. The summed E-state index contributed by atoms with van der Waals surface area (Å²) in [4.78, 5) is 19.9. The Morgan fingerprint density at radius 3 is 2.56 bits per heavy atom. The maximum absolute atomic E-state index is 13.7. The van der Waals surface area contributed by atoms with Crippen molar-refractivity contribution in [1.82, 2.24) is 4.98 Å². The molecular formula is C25H25N3O3S. The first-order valence-electron chi connectivity index (χ1n) is 10.8. The second-order valence-electron chi connectivity index (χ2n) is 8.84. The Hall–Kier alpha value is -3.03. The largest absolute Gasteiger partial charge is 0.311 e. The quantitative estimate of drug-likeness (QED) is 0.660. The van der Waals surface area contributed by atoms with E-state index >= 15 is 0 Å². The van der Waals surface area contributed by atoms with Crippen molar-refractivity contribution in [3.05, 3.63) is 77.5 Å². The number of sulfonamides is 1. The van der Waals surface area contributed by atoms with E-state index in [1.165, 1.54) is 23.3 Å². The average molecular weight is 448 g/mol. The lowest BCUT2D eigenvalue weighted by Crippen LogP contribution is -2.36. The van der Waals surface area contributed by atoms with Gasteiger partial charge in [-0.05, 0) is 59.4 Å². The first kappa shape index (κ1) is 20.8. The van der Waals surface area contributed by atoms with Gasteiger partial charge in [-0.3, -0.25) is 9.78 Å². The fourth-order valence-electron chi connectivity index (χ4n) is 5.08. The Kier molecular flexibility index (Phi) is 4.91. The summed E-state index contributed by atoms with van der Waals surface area (Å²) in [7, 11) is -3.84. The number of carbonyl (C=O) groups excluding carboxylic acids is 1. The number of nitrogens with zero attached hydrogens (tertiary/aromatic N) is 2. The van der Waals surface area contributed by atoms with Crippen LogP contribution in [0.2, 0.25) is 0 Å². The minimum Gasteiger partial charge on any atom is -0.311 e. The maximum Gasteiger partial charge on any atom is 0.238 e. The number of aromatic nitrogens is 1. The van der Waals surface area contributed by atoms with Crippen molar-refractivity contribution < 1.29 is 13.2 Å². The van der Waals surface area contributed by atoms with Gasteiger partial charge in [0.25, 0.3) is 0 Å². The van der Waals surface area contributed by atoms with Gasteiger partial charge in [-0.2, -0.15) is 0 Å². The Balaban J connectivity index is 1.46. The van der Waals surface area contributed by atoms with E-state index in [9.17, 15) is 13.2 Å². The van der Waals surface area contributed by atoms with Crippen LogP contribution in [-0.2, 0) is 21.2 Å². The molecule has 0 bridgehead atoms. The van der Waals surface area contributed by atoms with Crippen LogP contribution in [0.4, 0.5) is 5.69 Å². The molecule has 0 radical (unpaired) electrons. The van der Waals surface area contributed by atoms with Crippen molar-refractivity contribution in [2.75, 3.05) is 11.4 Å². The second kappa shape index (κ2) is 7.53. The molecule has 164 valence electrons. The SMILES string of the molecule is CC1CN(C(=O)[C@H]2Cc3cc(-c4ccccn4)ccc3[C@@H]2C)c2cc(S(N)(=O)=O)ccc21. The van der Waals surface area contributed by atoms with E-state index in [0.29, 0.717) is 18.7 Å². The van der Waals surface area contributed by atoms with Crippen molar-refractivity contribution >= 4 is 21.6 Å². The molecule has 32 heavy (non-hydrogen) atoms. The molecule has 2 heterocycles. The fourth-order valence-corrected chi connectivity index (χ4v) is 5.62. The number of primary sulfonamides is 1. The number of rotatable bonds is 3. The van der Waals surface area contributed by atoms with Crippen molar-refractivity contribution in [1.29, 1.82) is 0 Å². The molecule has 5 rings (SSSR count). The Morgan fingerprint density at radius 2 is 1.84 bits per heavy atom. The minimum atomic E-state index is -3.84. The lowest BCUT2D eigenvalue weighted by molar-refractivity contribution is -0.122. The minimum absolute atomic E-state index is 0.0326. The third-order valence-corrected chi connectivity index (χ3v) is 7.74. The van der Waals surface area contributed by atoms with E-state index in [-0.39, 0.29) is 28.6 Å². The van der Waals surface area contributed by atoms with Crippen LogP contribution in [0, 0.1) is 5.92 Å². The highest BCUT2D eigenvalue weighted by Crippen LogP contribution is 2.44. The molecule has 1 unspecified atom stereocenters. The molecule has 2 aromatic carbocycles. The normalized spacial score (nSPS) is 22.0. The lowest BCUT2D eigenvalue weighted by Gasteiger charge is -2.24. The topological polar surface area (TPSA) is 93.4 Å². The fraction of sp³-hybridized carbons (Fsp3) is 0.280. The smallest absolute Gasteiger partial charge is 0.238 e. The first-order valence-corrected chi connectivity index (χ1v) is 12.3. The summed E-state index contributed by atoms with van der Waals surface area (Å²) in [5, 5.41) is 5.33. The number of carbonyl (C=O) groups is 1. The van der Waals surface area contributed by atoms with Crippen molar-refractivity contribution in [2.45, 2.75) is 37.0 Å². The molecule has 1 amide bonds. The van der Waals surface area contributed by atoms with Gasteiger partial charge >= 0.3 is 0 Å². The van der Waals surface area contributed by atoms with Crippen LogP contribution >= 0.6 is 0 Å². The zero-order valence-corrected chi connectivity index (χ0v) is 18.8. The Labute approximate surface area is 188 Å². The number of fused-ring (bicyclic) bond motifs is 2. The van der Waals surface area contributed by atoms with Gasteiger partial charge in [0.15, 0.2) is 0 Å². The van der Waals surface area contributed by atoms with E-state index in [1.807, 2.05) is 18.2 Å². The molecule has 1 aliphatic heterocycles. The summed E-state index contributed by atoms with van der Waals surface area (Å²) >= 11 is 0. The number of hydrogen-bond acceptors (Lipinski definition) is 4. The third kappa shape index (κ3) is 3.42. The highest BCUT2D eigenvalue weighted by molar-refractivity contribution is 7.89. The summed E-state index contributed by atoms with van der Waals surface area (Å²) in [6.07, 6.45) is 2.43. The number of anilines is 1. The van der Waals surface area contributed by atoms with E-state index in [2.05, 4.69) is 37.0 Å². The van der Waals surface area contributed by atoms with Gasteiger partial charge in [-0.1, -0.05) is 38.1 Å². The summed E-state index contributed by atoms with van der Waals surface area (Å²) < 4.78 is 23.7. The standard InChI is InChI=1S/C25H25N3O3S/c1-15-14-28(24-13-19(32(26,30)31)7-9-20(15)24)25(29)22-12-18-11-17(6-8-21(18)16(22)2)23-5-3-4-10-27-23/h3-11,13,15-16,22H,12,14H2,1-2H3,(H2,26,30,31)/t15?,16-,22-/m0/s1. The van der Waals surface area contributed by atoms with Crippen LogP contribution < -0.4 is 10.0 Å². The molecule has 1 aliphatic carbocycles. The van der Waals surface area contributed by atoms with Gasteiger partial charge in [0.1, 0.15) is 0 Å². The molecule has 0 fully saturated rings. The molecule has 0 spiro atoms. The van der Waals surface area contributed by atoms with E-state index in [4.69, 9.17) is 5.14 Å². The molecule has 6 nitrogen and oxygen atoms in total. The zero-order chi connectivity index (χ0) is 22.6. The molecule has 3 atom stereocenters. The maximum atomic E-state index is 13.7. The Bertz CT molecular complexity index is 1320. The van der Waals surface area contributed by atoms with Crippen LogP contribution in [0.15, 0.2) is 65.7 Å². The Morgan fingerprint density at radius 1 is 1.06 bits per heavy atom. The van der Waals surface area contributed by atoms with Crippen molar-refractivity contribution in [3.63, 3.8) is 0 Å². The number of hydrogen-bond donors (Lipinski definition) is 1. The molecule has 2 N–H and O–H groups in total. The summed E-state index contributed by atoms with van der Waals surface area (Å²) in [5.74, 6) is 0.0555. The van der Waals surface area contributed by atoms with Crippen LogP contribution in [0.5, 0.6) is 0 Å². The van der Waals surface area contributed by atoms with Crippen LogP contribution in [-0.4, -0.2) is 25.9 Å². The van der Waals surface area contributed by atoms with Crippen LogP contribution in [0.1, 0.15) is 42.4 Å². The lowest BCUT2D eigenvalue weighted by atomic mass is 9.93. The molecule has 0 saturated carbocycles. The van der Waals surface area contributed by atoms with Gasteiger partial charge in [-0.25, -0.2) is 13.6 Å². The van der Waals surface area contributed by atoms with Crippen molar-refractivity contribution in [2.24, 2.45) is 11.1 Å². The molecule has 7 heteroatoms. The molecule has 0 saturated heterocycles. The number of amides is 1. The summed E-state index contributed by atoms with van der Waals surface area (Å²) in [6.45, 7) is 4.69.